The van der Waals surface area contributed by atoms with Crippen LogP contribution < -0.4 is 10.6 Å². The van der Waals surface area contributed by atoms with E-state index < -0.39 is 0 Å². The number of nitrogens with zero attached hydrogens (tertiary/aromatic N) is 1. The molecule has 1 aliphatic rings. The van der Waals surface area contributed by atoms with Crippen LogP contribution in [0.3, 0.4) is 0 Å². The summed E-state index contributed by atoms with van der Waals surface area (Å²) in [6.07, 6.45) is 2.32. The van der Waals surface area contributed by atoms with Crippen LogP contribution in [0.1, 0.15) is 49.8 Å². The first-order valence-corrected chi connectivity index (χ1v) is 9.04. The number of nitrogens with one attached hydrogen (secondary N) is 2. The number of amides is 1. The SMILES string of the molecule is Cc1cccc(CNc2ccc(C3CC3OC(=O)NC(C)(C)C)cn2)c1. The van der Waals surface area contributed by atoms with E-state index in [9.17, 15) is 4.79 Å². The molecule has 0 radical (unpaired) electrons. The van der Waals surface area contributed by atoms with Gasteiger partial charge in [-0.15, -0.1) is 0 Å². The molecule has 2 aromatic rings. The average molecular weight is 353 g/mol. The molecular formula is C21H27N3O2. The Morgan fingerprint density at radius 3 is 2.73 bits per heavy atom. The predicted molar refractivity (Wildman–Crippen MR) is 103 cm³/mol. The van der Waals surface area contributed by atoms with Gasteiger partial charge in [-0.05, 0) is 51.3 Å². The Bertz CT molecular complexity index is 766. The van der Waals surface area contributed by atoms with Gasteiger partial charge < -0.3 is 15.4 Å². The Morgan fingerprint density at radius 1 is 1.27 bits per heavy atom. The molecule has 0 spiro atoms. The molecule has 2 unspecified atom stereocenters. The highest BCUT2D eigenvalue weighted by Gasteiger charge is 2.42. The molecule has 138 valence electrons. The minimum atomic E-state index is -0.352. The maximum absolute atomic E-state index is 11.8. The van der Waals surface area contributed by atoms with Crippen molar-refractivity contribution < 1.29 is 9.53 Å². The van der Waals surface area contributed by atoms with Crippen molar-refractivity contribution in [2.75, 3.05) is 5.32 Å². The number of hydrogen-bond donors (Lipinski definition) is 2. The number of carbonyl (C=O) groups is 1. The molecule has 0 saturated heterocycles. The Kier molecular flexibility index (Phi) is 5.16. The lowest BCUT2D eigenvalue weighted by atomic mass is 10.1. The fourth-order valence-corrected chi connectivity index (χ4v) is 2.87. The van der Waals surface area contributed by atoms with Gasteiger partial charge in [-0.25, -0.2) is 9.78 Å². The predicted octanol–water partition coefficient (Wildman–Crippen LogP) is 4.38. The summed E-state index contributed by atoms with van der Waals surface area (Å²) in [7, 11) is 0. The van der Waals surface area contributed by atoms with E-state index in [1.54, 1.807) is 0 Å². The summed E-state index contributed by atoms with van der Waals surface area (Å²) in [4.78, 5) is 16.3. The molecule has 1 aliphatic carbocycles. The van der Waals surface area contributed by atoms with Crippen LogP contribution >= 0.6 is 0 Å². The second-order valence-corrected chi connectivity index (χ2v) is 7.98. The van der Waals surface area contributed by atoms with E-state index in [0.29, 0.717) is 0 Å². The lowest BCUT2D eigenvalue weighted by Crippen LogP contribution is -2.41. The van der Waals surface area contributed by atoms with Crippen molar-refractivity contribution in [3.8, 4) is 0 Å². The average Bonchev–Trinajstić information content (AvgIpc) is 3.30. The van der Waals surface area contributed by atoms with Gasteiger partial charge in [0.05, 0.1) is 0 Å². The number of rotatable bonds is 5. The van der Waals surface area contributed by atoms with E-state index in [2.05, 4.69) is 52.9 Å². The van der Waals surface area contributed by atoms with E-state index in [1.165, 1.54) is 11.1 Å². The zero-order valence-corrected chi connectivity index (χ0v) is 15.9. The molecule has 1 fully saturated rings. The van der Waals surface area contributed by atoms with Gasteiger partial charge >= 0.3 is 6.09 Å². The van der Waals surface area contributed by atoms with Gasteiger partial charge in [0.2, 0.25) is 0 Å². The molecule has 26 heavy (non-hydrogen) atoms. The molecule has 1 aromatic heterocycles. The lowest BCUT2D eigenvalue weighted by Gasteiger charge is -2.20. The van der Waals surface area contributed by atoms with Crippen molar-refractivity contribution in [1.29, 1.82) is 0 Å². The molecule has 1 heterocycles. The molecule has 2 atom stereocenters. The smallest absolute Gasteiger partial charge is 0.407 e. The fourth-order valence-electron chi connectivity index (χ4n) is 2.87. The fraction of sp³-hybridized carbons (Fsp3) is 0.429. The largest absolute Gasteiger partial charge is 0.446 e. The standard InChI is InChI=1S/C21H27N3O2/c1-14-6-5-7-15(10-14)12-22-19-9-8-16(13-23-19)17-11-18(17)26-20(25)24-21(2,3)4/h5-10,13,17-18H,11-12H2,1-4H3,(H,22,23)(H,24,25). The second-order valence-electron chi connectivity index (χ2n) is 7.98. The highest BCUT2D eigenvalue weighted by Crippen LogP contribution is 2.43. The number of aromatic nitrogens is 1. The van der Waals surface area contributed by atoms with Crippen LogP contribution in [-0.2, 0) is 11.3 Å². The molecule has 2 N–H and O–H groups in total. The van der Waals surface area contributed by atoms with Crippen LogP contribution in [0.5, 0.6) is 0 Å². The first kappa shape index (κ1) is 18.2. The number of ether oxygens (including phenoxy) is 1. The number of hydrogen-bond acceptors (Lipinski definition) is 4. The number of pyridine rings is 1. The Morgan fingerprint density at radius 2 is 2.08 bits per heavy atom. The van der Waals surface area contributed by atoms with E-state index in [-0.39, 0.29) is 23.7 Å². The van der Waals surface area contributed by atoms with E-state index in [1.807, 2.05) is 33.0 Å². The van der Waals surface area contributed by atoms with Crippen molar-refractivity contribution in [1.82, 2.24) is 10.3 Å². The van der Waals surface area contributed by atoms with Crippen molar-refractivity contribution in [3.63, 3.8) is 0 Å². The van der Waals surface area contributed by atoms with Gasteiger partial charge in [-0.2, -0.15) is 0 Å². The summed E-state index contributed by atoms with van der Waals surface area (Å²) in [6, 6.07) is 12.5. The third-order valence-electron chi connectivity index (χ3n) is 4.24. The van der Waals surface area contributed by atoms with E-state index >= 15 is 0 Å². The van der Waals surface area contributed by atoms with Crippen molar-refractivity contribution in [3.05, 3.63) is 59.3 Å². The van der Waals surface area contributed by atoms with Crippen molar-refractivity contribution in [2.45, 2.75) is 58.2 Å². The summed E-state index contributed by atoms with van der Waals surface area (Å²) in [6.45, 7) is 8.64. The third-order valence-corrected chi connectivity index (χ3v) is 4.24. The normalized spacial score (nSPS) is 18.9. The van der Waals surface area contributed by atoms with E-state index in [4.69, 9.17) is 4.74 Å². The summed E-state index contributed by atoms with van der Waals surface area (Å²) in [5, 5.41) is 6.16. The monoisotopic (exact) mass is 353 g/mol. The minimum Gasteiger partial charge on any atom is -0.446 e. The number of benzene rings is 1. The highest BCUT2D eigenvalue weighted by atomic mass is 16.6. The molecule has 5 heteroatoms. The summed E-state index contributed by atoms with van der Waals surface area (Å²) in [5.74, 6) is 1.10. The molecule has 1 aromatic carbocycles. The number of alkyl carbamates (subject to hydrolysis) is 1. The lowest BCUT2D eigenvalue weighted by molar-refractivity contribution is 0.128. The minimum absolute atomic E-state index is 0.0507. The number of aryl methyl sites for hydroxylation is 1. The molecule has 1 amide bonds. The number of carbonyl (C=O) groups excluding carboxylic acids is 1. The first-order chi connectivity index (χ1) is 12.3. The second kappa shape index (κ2) is 7.36. The summed E-state index contributed by atoms with van der Waals surface area (Å²) in [5.41, 5.74) is 3.31. The van der Waals surface area contributed by atoms with Crippen LogP contribution in [0.25, 0.3) is 0 Å². The Balaban J connectivity index is 1.49. The quantitative estimate of drug-likeness (QED) is 0.837. The maximum Gasteiger partial charge on any atom is 0.407 e. The third kappa shape index (κ3) is 5.22. The molecule has 3 rings (SSSR count). The van der Waals surface area contributed by atoms with Gasteiger partial charge in [0.1, 0.15) is 11.9 Å². The topological polar surface area (TPSA) is 63.2 Å². The zero-order chi connectivity index (χ0) is 18.7. The Hall–Kier alpha value is -2.56. The van der Waals surface area contributed by atoms with E-state index in [0.717, 1.165) is 24.3 Å². The van der Waals surface area contributed by atoms with Crippen LogP contribution in [0, 0.1) is 6.92 Å². The van der Waals surface area contributed by atoms with Gasteiger partial charge in [-0.3, -0.25) is 0 Å². The first-order valence-electron chi connectivity index (χ1n) is 9.04. The summed E-state index contributed by atoms with van der Waals surface area (Å²) >= 11 is 0. The molecule has 1 saturated carbocycles. The highest BCUT2D eigenvalue weighted by molar-refractivity contribution is 5.68. The van der Waals surface area contributed by atoms with Crippen LogP contribution in [0.2, 0.25) is 0 Å². The Labute approximate surface area is 155 Å². The van der Waals surface area contributed by atoms with Crippen LogP contribution in [-0.4, -0.2) is 22.7 Å². The molecule has 0 bridgehead atoms. The van der Waals surface area contributed by atoms with Gasteiger partial charge in [0.15, 0.2) is 0 Å². The maximum atomic E-state index is 11.8. The molecule has 5 nitrogen and oxygen atoms in total. The van der Waals surface area contributed by atoms with Gasteiger partial charge in [-0.1, -0.05) is 35.9 Å². The van der Waals surface area contributed by atoms with Crippen LogP contribution in [0.15, 0.2) is 42.6 Å². The van der Waals surface area contributed by atoms with Crippen molar-refractivity contribution in [2.24, 2.45) is 0 Å². The molecule has 0 aliphatic heterocycles. The van der Waals surface area contributed by atoms with Crippen molar-refractivity contribution >= 4 is 11.9 Å². The van der Waals surface area contributed by atoms with Crippen LogP contribution in [0.4, 0.5) is 10.6 Å². The van der Waals surface area contributed by atoms with Gasteiger partial charge in [0.25, 0.3) is 0 Å². The number of anilines is 1. The van der Waals surface area contributed by atoms with Gasteiger partial charge in [0, 0.05) is 24.2 Å². The summed E-state index contributed by atoms with van der Waals surface area (Å²) < 4.78 is 5.46. The zero-order valence-electron chi connectivity index (χ0n) is 15.9. The molecular weight excluding hydrogens is 326 g/mol.